The fourth-order valence-corrected chi connectivity index (χ4v) is 3.85. The molecule has 19 heavy (non-hydrogen) atoms. The predicted molar refractivity (Wildman–Crippen MR) is 78.5 cm³/mol. The van der Waals surface area contributed by atoms with Gasteiger partial charge in [-0.15, -0.1) is 11.3 Å². The normalized spacial score (nSPS) is 24.9. The van der Waals surface area contributed by atoms with Crippen molar-refractivity contribution in [2.24, 2.45) is 11.8 Å². The minimum Gasteiger partial charge on any atom is -0.308 e. The average molecular weight is 277 g/mol. The molecule has 1 fully saturated rings. The summed E-state index contributed by atoms with van der Waals surface area (Å²) in [5, 5.41) is 1.92. The summed E-state index contributed by atoms with van der Waals surface area (Å²) >= 11 is 1.45. The molecule has 2 aromatic rings. The Morgan fingerprint density at radius 3 is 2.89 bits per heavy atom. The van der Waals surface area contributed by atoms with Crippen LogP contribution in [0.4, 0.5) is 0 Å². The van der Waals surface area contributed by atoms with Gasteiger partial charge in [0.25, 0.3) is 5.56 Å². The lowest BCUT2D eigenvalue weighted by atomic mass is 9.92. The summed E-state index contributed by atoms with van der Waals surface area (Å²) in [5.41, 5.74) is 0.815. The minimum absolute atomic E-state index is 0.00638. The van der Waals surface area contributed by atoms with E-state index in [2.05, 4.69) is 28.7 Å². The Morgan fingerprint density at radius 1 is 1.42 bits per heavy atom. The first-order valence-electron chi connectivity index (χ1n) is 6.80. The van der Waals surface area contributed by atoms with Crippen LogP contribution in [0.25, 0.3) is 10.2 Å². The molecule has 0 unspecified atom stereocenters. The number of hydrogen-bond donors (Lipinski definition) is 1. The molecule has 1 N–H and O–H groups in total. The third-order valence-corrected chi connectivity index (χ3v) is 4.58. The number of likely N-dealkylation sites (tertiary alicyclic amines) is 1. The number of thiophene rings is 1. The van der Waals surface area contributed by atoms with E-state index >= 15 is 0 Å². The molecular weight excluding hydrogens is 258 g/mol. The monoisotopic (exact) mass is 277 g/mol. The van der Waals surface area contributed by atoms with E-state index in [4.69, 9.17) is 0 Å². The molecule has 2 atom stereocenters. The lowest BCUT2D eigenvalue weighted by Crippen LogP contribution is -2.38. The predicted octanol–water partition coefficient (Wildman–Crippen LogP) is 2.46. The van der Waals surface area contributed by atoms with Gasteiger partial charge < -0.3 is 4.98 Å². The molecule has 1 saturated heterocycles. The van der Waals surface area contributed by atoms with Gasteiger partial charge in [0.2, 0.25) is 0 Å². The van der Waals surface area contributed by atoms with Gasteiger partial charge in [-0.05, 0) is 29.7 Å². The summed E-state index contributed by atoms with van der Waals surface area (Å²) in [6.45, 7) is 7.52. The number of H-pyrrole nitrogens is 1. The van der Waals surface area contributed by atoms with Crippen LogP contribution in [-0.2, 0) is 6.54 Å². The molecule has 2 aromatic heterocycles. The Bertz CT molecular complexity index is 623. The lowest BCUT2D eigenvalue weighted by Gasteiger charge is -2.34. The van der Waals surface area contributed by atoms with Crippen molar-refractivity contribution in [2.75, 3.05) is 13.1 Å². The van der Waals surface area contributed by atoms with E-state index in [0.717, 1.165) is 47.5 Å². The first kappa shape index (κ1) is 12.8. The SMILES string of the molecule is C[C@@H]1C[C@@H](C)CN(Cc2nc3ccsc3c(=O)[nH]2)C1. The van der Waals surface area contributed by atoms with Crippen LogP contribution in [0.15, 0.2) is 16.2 Å². The van der Waals surface area contributed by atoms with Gasteiger partial charge in [-0.1, -0.05) is 13.8 Å². The zero-order valence-corrected chi connectivity index (χ0v) is 12.2. The molecule has 102 valence electrons. The van der Waals surface area contributed by atoms with E-state index in [1.54, 1.807) is 0 Å². The first-order chi connectivity index (χ1) is 9.11. The molecule has 3 heterocycles. The Labute approximate surface area is 116 Å². The maximum atomic E-state index is 11.9. The summed E-state index contributed by atoms with van der Waals surface area (Å²) in [7, 11) is 0. The molecule has 0 radical (unpaired) electrons. The Morgan fingerprint density at radius 2 is 2.16 bits per heavy atom. The fourth-order valence-electron chi connectivity index (χ4n) is 3.13. The van der Waals surface area contributed by atoms with Crippen LogP contribution in [0.2, 0.25) is 0 Å². The molecule has 0 aromatic carbocycles. The molecule has 0 amide bonds. The second kappa shape index (κ2) is 5.06. The van der Waals surface area contributed by atoms with Crippen molar-refractivity contribution in [1.82, 2.24) is 14.9 Å². The van der Waals surface area contributed by atoms with Crippen molar-refractivity contribution in [3.05, 3.63) is 27.6 Å². The first-order valence-corrected chi connectivity index (χ1v) is 7.68. The highest BCUT2D eigenvalue weighted by Gasteiger charge is 2.22. The van der Waals surface area contributed by atoms with Gasteiger partial charge in [0, 0.05) is 13.1 Å². The highest BCUT2D eigenvalue weighted by atomic mass is 32.1. The summed E-state index contributed by atoms with van der Waals surface area (Å²) in [5.74, 6) is 2.23. The maximum absolute atomic E-state index is 11.9. The summed E-state index contributed by atoms with van der Waals surface area (Å²) in [4.78, 5) is 21.8. The molecule has 3 rings (SSSR count). The third kappa shape index (κ3) is 2.72. The zero-order chi connectivity index (χ0) is 13.4. The standard InChI is InChI=1S/C14H19N3OS/c1-9-5-10(2)7-17(6-9)8-12-15-11-3-4-19-13(11)14(18)16-12/h3-4,9-10H,5-8H2,1-2H3,(H,15,16,18)/t9-,10-/m1/s1. The molecule has 4 nitrogen and oxygen atoms in total. The van der Waals surface area contributed by atoms with Gasteiger partial charge in [-0.25, -0.2) is 4.98 Å². The topological polar surface area (TPSA) is 49.0 Å². The van der Waals surface area contributed by atoms with Crippen molar-refractivity contribution >= 4 is 21.6 Å². The number of aromatic amines is 1. The van der Waals surface area contributed by atoms with Crippen LogP contribution in [0.5, 0.6) is 0 Å². The van der Waals surface area contributed by atoms with Crippen LogP contribution in [0.3, 0.4) is 0 Å². The number of rotatable bonds is 2. The second-order valence-corrected chi connectivity index (χ2v) is 6.70. The molecule has 0 aliphatic carbocycles. The summed E-state index contributed by atoms with van der Waals surface area (Å²) in [6, 6.07) is 1.92. The van der Waals surface area contributed by atoms with Crippen LogP contribution < -0.4 is 5.56 Å². The molecule has 1 aliphatic heterocycles. The molecule has 0 bridgehead atoms. The van der Waals surface area contributed by atoms with Gasteiger partial charge in [0.15, 0.2) is 0 Å². The Balaban J connectivity index is 1.83. The van der Waals surface area contributed by atoms with E-state index in [-0.39, 0.29) is 5.56 Å². The second-order valence-electron chi connectivity index (χ2n) is 5.79. The fraction of sp³-hybridized carbons (Fsp3) is 0.571. The Hall–Kier alpha value is -1.20. The molecule has 1 aliphatic rings. The highest BCUT2D eigenvalue weighted by molar-refractivity contribution is 7.17. The van der Waals surface area contributed by atoms with E-state index in [0.29, 0.717) is 0 Å². The van der Waals surface area contributed by atoms with Gasteiger partial charge in [-0.2, -0.15) is 0 Å². The van der Waals surface area contributed by atoms with Gasteiger partial charge >= 0.3 is 0 Å². The van der Waals surface area contributed by atoms with Gasteiger partial charge in [0.1, 0.15) is 10.5 Å². The number of fused-ring (bicyclic) bond motifs is 1. The van der Waals surface area contributed by atoms with Crippen LogP contribution in [-0.4, -0.2) is 28.0 Å². The average Bonchev–Trinajstić information content (AvgIpc) is 2.75. The molecule has 5 heteroatoms. The maximum Gasteiger partial charge on any atom is 0.268 e. The van der Waals surface area contributed by atoms with Gasteiger partial charge in [0.05, 0.1) is 12.1 Å². The van der Waals surface area contributed by atoms with Crippen molar-refractivity contribution in [3.63, 3.8) is 0 Å². The highest BCUT2D eigenvalue weighted by Crippen LogP contribution is 2.22. The van der Waals surface area contributed by atoms with Crippen molar-refractivity contribution in [1.29, 1.82) is 0 Å². The zero-order valence-electron chi connectivity index (χ0n) is 11.3. The van der Waals surface area contributed by atoms with E-state index in [1.807, 2.05) is 11.4 Å². The molecule has 0 spiro atoms. The smallest absolute Gasteiger partial charge is 0.268 e. The van der Waals surface area contributed by atoms with Crippen LogP contribution >= 0.6 is 11.3 Å². The van der Waals surface area contributed by atoms with Crippen LogP contribution in [0, 0.1) is 11.8 Å². The number of piperidine rings is 1. The number of nitrogens with zero attached hydrogens (tertiary/aromatic N) is 2. The third-order valence-electron chi connectivity index (χ3n) is 3.68. The lowest BCUT2D eigenvalue weighted by molar-refractivity contribution is 0.131. The Kier molecular flexibility index (Phi) is 3.41. The van der Waals surface area contributed by atoms with E-state index < -0.39 is 0 Å². The van der Waals surface area contributed by atoms with E-state index in [1.165, 1.54) is 17.8 Å². The van der Waals surface area contributed by atoms with Gasteiger partial charge in [-0.3, -0.25) is 9.69 Å². The summed E-state index contributed by atoms with van der Waals surface area (Å²) < 4.78 is 0.726. The minimum atomic E-state index is -0.00638. The molecule has 0 saturated carbocycles. The number of nitrogens with one attached hydrogen (secondary N) is 1. The molecular formula is C14H19N3OS. The van der Waals surface area contributed by atoms with E-state index in [9.17, 15) is 4.79 Å². The van der Waals surface area contributed by atoms with Crippen LogP contribution in [0.1, 0.15) is 26.1 Å². The number of aromatic nitrogens is 2. The van der Waals surface area contributed by atoms with Crippen molar-refractivity contribution in [3.8, 4) is 0 Å². The number of hydrogen-bond acceptors (Lipinski definition) is 4. The largest absolute Gasteiger partial charge is 0.308 e. The summed E-state index contributed by atoms with van der Waals surface area (Å²) in [6.07, 6.45) is 1.30. The van der Waals surface area contributed by atoms with Crippen molar-refractivity contribution in [2.45, 2.75) is 26.8 Å². The van der Waals surface area contributed by atoms with Crippen molar-refractivity contribution < 1.29 is 0 Å². The quantitative estimate of drug-likeness (QED) is 0.917.